The fourth-order valence-electron chi connectivity index (χ4n) is 2.26. The predicted octanol–water partition coefficient (Wildman–Crippen LogP) is 2.79. The van der Waals surface area contributed by atoms with Crippen molar-refractivity contribution in [2.45, 2.75) is 32.1 Å². The molecule has 0 bridgehead atoms. The minimum Gasteiger partial charge on any atom is -0.399 e. The van der Waals surface area contributed by atoms with E-state index >= 15 is 0 Å². The van der Waals surface area contributed by atoms with Gasteiger partial charge in [0.15, 0.2) is 0 Å². The highest BCUT2D eigenvalue weighted by molar-refractivity contribution is 5.91. The van der Waals surface area contributed by atoms with Crippen LogP contribution in [0.15, 0.2) is 24.3 Å². The van der Waals surface area contributed by atoms with Crippen LogP contribution in [-0.2, 0) is 4.79 Å². The van der Waals surface area contributed by atoms with Crippen molar-refractivity contribution in [2.24, 2.45) is 5.92 Å². The Balaban J connectivity index is 1.84. The number of amides is 1. The summed E-state index contributed by atoms with van der Waals surface area (Å²) in [6, 6.07) is 7.26. The average Bonchev–Trinajstić information content (AvgIpc) is 2.74. The molecule has 3 heteroatoms. The number of hydrogen-bond donors (Lipinski definition) is 2. The van der Waals surface area contributed by atoms with Gasteiger partial charge in [-0.25, -0.2) is 0 Å². The Hall–Kier alpha value is -1.51. The molecule has 2 rings (SSSR count). The van der Waals surface area contributed by atoms with Crippen LogP contribution < -0.4 is 11.1 Å². The third kappa shape index (κ3) is 2.99. The molecule has 1 aliphatic carbocycles. The summed E-state index contributed by atoms with van der Waals surface area (Å²) in [6.45, 7) is 0. The van der Waals surface area contributed by atoms with Crippen molar-refractivity contribution < 1.29 is 4.79 Å². The van der Waals surface area contributed by atoms with Gasteiger partial charge in [-0.05, 0) is 43.0 Å². The van der Waals surface area contributed by atoms with E-state index in [0.717, 1.165) is 5.69 Å². The maximum Gasteiger partial charge on any atom is 0.224 e. The topological polar surface area (TPSA) is 55.1 Å². The first-order valence-corrected chi connectivity index (χ1v) is 5.89. The van der Waals surface area contributed by atoms with Crippen LogP contribution in [0.4, 0.5) is 11.4 Å². The van der Waals surface area contributed by atoms with Gasteiger partial charge >= 0.3 is 0 Å². The number of carbonyl (C=O) groups excluding carboxylic acids is 1. The lowest BCUT2D eigenvalue weighted by atomic mass is 10.0. The number of nitrogens with one attached hydrogen (secondary N) is 1. The maximum atomic E-state index is 11.7. The highest BCUT2D eigenvalue weighted by Crippen LogP contribution is 2.27. The molecule has 0 aromatic heterocycles. The Morgan fingerprint density at radius 1 is 1.25 bits per heavy atom. The van der Waals surface area contributed by atoms with Gasteiger partial charge in [-0.2, -0.15) is 0 Å². The monoisotopic (exact) mass is 218 g/mol. The second-order valence-electron chi connectivity index (χ2n) is 4.52. The molecule has 1 saturated carbocycles. The molecule has 0 unspecified atom stereocenters. The van der Waals surface area contributed by atoms with E-state index in [1.807, 2.05) is 12.1 Å². The summed E-state index contributed by atoms with van der Waals surface area (Å²) >= 11 is 0. The number of nitrogen functional groups attached to an aromatic ring is 1. The smallest absolute Gasteiger partial charge is 0.224 e. The zero-order valence-electron chi connectivity index (χ0n) is 9.41. The van der Waals surface area contributed by atoms with Gasteiger partial charge in [-0.1, -0.05) is 12.8 Å². The van der Waals surface area contributed by atoms with Crippen LogP contribution in [0.3, 0.4) is 0 Å². The van der Waals surface area contributed by atoms with Gasteiger partial charge in [0, 0.05) is 17.8 Å². The van der Waals surface area contributed by atoms with Crippen molar-refractivity contribution in [2.75, 3.05) is 11.1 Å². The molecular formula is C13H18N2O. The number of benzene rings is 1. The zero-order chi connectivity index (χ0) is 11.4. The molecule has 0 heterocycles. The van der Waals surface area contributed by atoms with Crippen LogP contribution in [0.25, 0.3) is 0 Å². The molecule has 0 atom stereocenters. The zero-order valence-corrected chi connectivity index (χ0v) is 9.41. The summed E-state index contributed by atoms with van der Waals surface area (Å²) in [7, 11) is 0. The lowest BCUT2D eigenvalue weighted by Gasteiger charge is -2.09. The first-order chi connectivity index (χ1) is 7.74. The minimum atomic E-state index is 0.122. The van der Waals surface area contributed by atoms with Crippen LogP contribution in [0.5, 0.6) is 0 Å². The Bertz CT molecular complexity index is 353. The summed E-state index contributed by atoms with van der Waals surface area (Å²) in [5.41, 5.74) is 7.12. The number of carbonyl (C=O) groups is 1. The summed E-state index contributed by atoms with van der Waals surface area (Å²) in [5.74, 6) is 0.713. The van der Waals surface area contributed by atoms with Crippen LogP contribution in [0.2, 0.25) is 0 Å². The summed E-state index contributed by atoms with van der Waals surface area (Å²) in [4.78, 5) is 11.7. The quantitative estimate of drug-likeness (QED) is 0.766. The number of nitrogens with two attached hydrogens (primary N) is 1. The third-order valence-corrected chi connectivity index (χ3v) is 3.14. The third-order valence-electron chi connectivity index (χ3n) is 3.14. The van der Waals surface area contributed by atoms with Gasteiger partial charge in [0.05, 0.1) is 0 Å². The molecule has 1 fully saturated rings. The lowest BCUT2D eigenvalue weighted by molar-refractivity contribution is -0.117. The standard InChI is InChI=1S/C13H18N2O/c14-11-5-7-12(8-6-11)15-13(16)9-10-3-1-2-4-10/h5-8,10H,1-4,9,14H2,(H,15,16). The van der Waals surface area contributed by atoms with Gasteiger partial charge in [-0.15, -0.1) is 0 Å². The van der Waals surface area contributed by atoms with E-state index in [-0.39, 0.29) is 5.91 Å². The molecule has 1 aromatic carbocycles. The van der Waals surface area contributed by atoms with Gasteiger partial charge in [0.2, 0.25) is 5.91 Å². The summed E-state index contributed by atoms with van der Waals surface area (Å²) in [5, 5.41) is 2.90. The van der Waals surface area contributed by atoms with E-state index in [0.29, 0.717) is 18.0 Å². The molecule has 0 aliphatic heterocycles. The van der Waals surface area contributed by atoms with E-state index < -0.39 is 0 Å². The second-order valence-corrected chi connectivity index (χ2v) is 4.52. The molecule has 3 nitrogen and oxygen atoms in total. The van der Waals surface area contributed by atoms with Crippen molar-refractivity contribution in [3.63, 3.8) is 0 Å². The normalized spacial score (nSPS) is 16.2. The highest BCUT2D eigenvalue weighted by atomic mass is 16.1. The molecule has 1 amide bonds. The highest BCUT2D eigenvalue weighted by Gasteiger charge is 2.18. The van der Waals surface area contributed by atoms with E-state index in [9.17, 15) is 4.79 Å². The van der Waals surface area contributed by atoms with E-state index in [4.69, 9.17) is 5.73 Å². The van der Waals surface area contributed by atoms with Gasteiger partial charge in [0.25, 0.3) is 0 Å². The van der Waals surface area contributed by atoms with E-state index in [1.54, 1.807) is 12.1 Å². The molecule has 1 aromatic rings. The molecule has 3 N–H and O–H groups in total. The number of rotatable bonds is 3. The maximum absolute atomic E-state index is 11.7. The minimum absolute atomic E-state index is 0.122. The van der Waals surface area contributed by atoms with Crippen molar-refractivity contribution >= 4 is 17.3 Å². The summed E-state index contributed by atoms with van der Waals surface area (Å²) < 4.78 is 0. The van der Waals surface area contributed by atoms with Crippen molar-refractivity contribution in [3.05, 3.63) is 24.3 Å². The Morgan fingerprint density at radius 2 is 1.88 bits per heavy atom. The summed E-state index contributed by atoms with van der Waals surface area (Å²) in [6.07, 6.45) is 5.62. The van der Waals surface area contributed by atoms with Gasteiger partial charge in [-0.3, -0.25) is 4.79 Å². The molecular weight excluding hydrogens is 200 g/mol. The number of hydrogen-bond acceptors (Lipinski definition) is 2. The largest absolute Gasteiger partial charge is 0.399 e. The first kappa shape index (κ1) is 11.0. The molecule has 0 radical (unpaired) electrons. The Kier molecular flexibility index (Phi) is 3.44. The van der Waals surface area contributed by atoms with E-state index in [1.165, 1.54) is 25.7 Å². The molecule has 0 spiro atoms. The number of anilines is 2. The SMILES string of the molecule is Nc1ccc(NC(=O)CC2CCCC2)cc1. The predicted molar refractivity (Wildman–Crippen MR) is 66.1 cm³/mol. The second kappa shape index (κ2) is 5.01. The van der Waals surface area contributed by atoms with Crippen LogP contribution in [-0.4, -0.2) is 5.91 Å². The first-order valence-electron chi connectivity index (χ1n) is 5.89. The molecule has 16 heavy (non-hydrogen) atoms. The van der Waals surface area contributed by atoms with Gasteiger partial charge < -0.3 is 11.1 Å². The molecule has 86 valence electrons. The fraction of sp³-hybridized carbons (Fsp3) is 0.462. The van der Waals surface area contributed by atoms with Crippen molar-refractivity contribution in [3.8, 4) is 0 Å². The lowest BCUT2D eigenvalue weighted by Crippen LogP contribution is -2.15. The molecule has 1 aliphatic rings. The van der Waals surface area contributed by atoms with Crippen molar-refractivity contribution in [1.82, 2.24) is 0 Å². The average molecular weight is 218 g/mol. The fourth-order valence-corrected chi connectivity index (χ4v) is 2.26. The van der Waals surface area contributed by atoms with E-state index in [2.05, 4.69) is 5.32 Å². The van der Waals surface area contributed by atoms with Crippen molar-refractivity contribution in [1.29, 1.82) is 0 Å². The van der Waals surface area contributed by atoms with Crippen LogP contribution in [0.1, 0.15) is 32.1 Å². The molecule has 0 saturated heterocycles. The Labute approximate surface area is 96.0 Å². The van der Waals surface area contributed by atoms with Gasteiger partial charge in [0.1, 0.15) is 0 Å². The van der Waals surface area contributed by atoms with Crippen LogP contribution >= 0.6 is 0 Å². The van der Waals surface area contributed by atoms with Crippen LogP contribution in [0, 0.1) is 5.92 Å². The Morgan fingerprint density at radius 3 is 2.50 bits per heavy atom.